The summed E-state index contributed by atoms with van der Waals surface area (Å²) in [5.41, 5.74) is 1.34. The number of H-pyrrole nitrogens is 1. The number of esters is 1. The van der Waals surface area contributed by atoms with Crippen molar-refractivity contribution >= 4 is 32.9 Å². The quantitative estimate of drug-likeness (QED) is 0.503. The minimum atomic E-state index is -0.404. The largest absolute Gasteiger partial charge is 0.460 e. The normalized spacial score (nSPS) is 11.8. The molecule has 1 heterocycles. The van der Waals surface area contributed by atoms with Crippen LogP contribution in [0.1, 0.15) is 59.3 Å². The van der Waals surface area contributed by atoms with Gasteiger partial charge in [-0.3, -0.25) is 9.36 Å². The Morgan fingerprint density at radius 2 is 1.84 bits per heavy atom. The number of halogens is 1. The predicted molar refractivity (Wildman–Crippen MR) is 104 cm³/mol. The molecule has 0 aliphatic heterocycles. The third-order valence-electron chi connectivity index (χ3n) is 3.92. The summed E-state index contributed by atoms with van der Waals surface area (Å²) in [6, 6.07) is 5.80. The number of aryl methyl sites for hydroxylation is 1. The minimum absolute atomic E-state index is 0.0574. The summed E-state index contributed by atoms with van der Waals surface area (Å²) >= 11 is 3.45. The molecule has 0 atom stereocenters. The minimum Gasteiger partial charge on any atom is -0.460 e. The molecule has 0 aliphatic rings. The molecule has 0 radical (unpaired) electrons. The molecule has 0 aliphatic carbocycles. The predicted octanol–water partition coefficient (Wildman–Crippen LogP) is 4.77. The topological polar surface area (TPSA) is 64.1 Å². The number of rotatable bonds is 8. The third kappa shape index (κ3) is 6.34. The molecule has 2 aromatic rings. The molecule has 0 saturated carbocycles. The van der Waals surface area contributed by atoms with Gasteiger partial charge in [0.1, 0.15) is 5.60 Å². The van der Waals surface area contributed by atoms with E-state index in [9.17, 15) is 9.59 Å². The molecule has 1 aromatic carbocycles. The maximum atomic E-state index is 12.0. The number of ether oxygens (including phenoxy) is 1. The van der Waals surface area contributed by atoms with Gasteiger partial charge in [-0.05, 0) is 51.8 Å². The van der Waals surface area contributed by atoms with Gasteiger partial charge in [-0.25, -0.2) is 4.79 Å². The number of aromatic nitrogens is 2. The molecule has 138 valence electrons. The van der Waals surface area contributed by atoms with Gasteiger partial charge in [0.2, 0.25) is 0 Å². The fraction of sp³-hybridized carbons (Fsp3) is 0.579. The number of nitrogens with zero attached hydrogens (tertiary/aromatic N) is 1. The molecule has 0 bridgehead atoms. The van der Waals surface area contributed by atoms with E-state index in [-0.39, 0.29) is 11.7 Å². The van der Waals surface area contributed by atoms with Gasteiger partial charge in [0.25, 0.3) is 0 Å². The maximum absolute atomic E-state index is 12.0. The number of hydrogen-bond donors (Lipinski definition) is 1. The van der Waals surface area contributed by atoms with Crippen molar-refractivity contribution in [1.29, 1.82) is 0 Å². The summed E-state index contributed by atoms with van der Waals surface area (Å²) in [7, 11) is 0. The van der Waals surface area contributed by atoms with E-state index >= 15 is 0 Å². The van der Waals surface area contributed by atoms with Crippen LogP contribution < -0.4 is 5.69 Å². The van der Waals surface area contributed by atoms with Crippen molar-refractivity contribution in [1.82, 2.24) is 9.55 Å². The van der Waals surface area contributed by atoms with Crippen LogP contribution in [0.15, 0.2) is 27.5 Å². The van der Waals surface area contributed by atoms with Crippen LogP contribution in [-0.4, -0.2) is 21.1 Å². The summed E-state index contributed by atoms with van der Waals surface area (Å²) in [5.74, 6) is -0.122. The average molecular weight is 411 g/mol. The number of carbonyl (C=O) groups excluding carboxylic acids is 1. The van der Waals surface area contributed by atoms with E-state index in [1.807, 2.05) is 39.0 Å². The first-order valence-electron chi connectivity index (χ1n) is 8.86. The maximum Gasteiger partial charge on any atom is 0.326 e. The fourth-order valence-corrected chi connectivity index (χ4v) is 3.16. The highest BCUT2D eigenvalue weighted by molar-refractivity contribution is 9.10. The highest BCUT2D eigenvalue weighted by Gasteiger charge is 2.15. The van der Waals surface area contributed by atoms with Crippen molar-refractivity contribution in [2.45, 2.75) is 71.4 Å². The van der Waals surface area contributed by atoms with Crippen molar-refractivity contribution in [2.24, 2.45) is 0 Å². The SMILES string of the molecule is CC(C)(C)OC(=O)CCCCCCCn1c(=O)[nH]c2ccc(Br)cc21. The number of carbonyl (C=O) groups is 1. The van der Waals surface area contributed by atoms with Gasteiger partial charge in [0, 0.05) is 17.4 Å². The number of nitrogens with one attached hydrogen (secondary N) is 1. The highest BCUT2D eigenvalue weighted by Crippen LogP contribution is 2.18. The third-order valence-corrected chi connectivity index (χ3v) is 4.41. The zero-order valence-electron chi connectivity index (χ0n) is 15.2. The van der Waals surface area contributed by atoms with Crippen LogP contribution in [0, 0.1) is 0 Å². The van der Waals surface area contributed by atoms with Crippen LogP contribution in [-0.2, 0) is 16.1 Å². The van der Waals surface area contributed by atoms with E-state index in [4.69, 9.17) is 4.74 Å². The zero-order chi connectivity index (χ0) is 18.4. The molecule has 5 nitrogen and oxygen atoms in total. The van der Waals surface area contributed by atoms with Crippen LogP contribution in [0.4, 0.5) is 0 Å². The Hall–Kier alpha value is -1.56. The number of fused-ring (bicyclic) bond motifs is 1. The fourth-order valence-electron chi connectivity index (χ4n) is 2.81. The lowest BCUT2D eigenvalue weighted by Crippen LogP contribution is -2.23. The number of hydrogen-bond acceptors (Lipinski definition) is 3. The zero-order valence-corrected chi connectivity index (χ0v) is 16.8. The Kier molecular flexibility index (Phi) is 6.87. The van der Waals surface area contributed by atoms with E-state index in [1.54, 1.807) is 4.57 Å². The van der Waals surface area contributed by atoms with E-state index in [0.29, 0.717) is 13.0 Å². The van der Waals surface area contributed by atoms with E-state index < -0.39 is 5.60 Å². The van der Waals surface area contributed by atoms with Gasteiger partial charge >= 0.3 is 11.7 Å². The molecule has 0 fully saturated rings. The molecule has 2 rings (SSSR count). The Balaban J connectivity index is 1.69. The Morgan fingerprint density at radius 1 is 1.16 bits per heavy atom. The second-order valence-corrected chi connectivity index (χ2v) is 8.26. The standard InChI is InChI=1S/C19H27BrN2O3/c1-19(2,3)25-17(23)9-7-5-4-6-8-12-22-16-13-14(20)10-11-15(16)21-18(22)24/h10-11,13H,4-9,12H2,1-3H3,(H,21,24). The summed E-state index contributed by atoms with van der Waals surface area (Å²) in [5, 5.41) is 0. The van der Waals surface area contributed by atoms with E-state index in [1.165, 1.54) is 0 Å². The Bertz CT molecular complexity index is 771. The highest BCUT2D eigenvalue weighted by atomic mass is 79.9. The van der Waals surface area contributed by atoms with Crippen molar-refractivity contribution in [2.75, 3.05) is 0 Å². The molecule has 0 unspecified atom stereocenters. The monoisotopic (exact) mass is 410 g/mol. The lowest BCUT2D eigenvalue weighted by molar-refractivity contribution is -0.154. The Labute approximate surface area is 156 Å². The summed E-state index contributed by atoms with van der Waals surface area (Å²) in [6.07, 6.45) is 5.40. The second-order valence-electron chi connectivity index (χ2n) is 7.35. The molecule has 25 heavy (non-hydrogen) atoms. The first-order chi connectivity index (χ1) is 11.8. The first-order valence-corrected chi connectivity index (χ1v) is 9.65. The molecular formula is C19H27BrN2O3. The molecule has 1 aromatic heterocycles. The van der Waals surface area contributed by atoms with Gasteiger partial charge in [-0.15, -0.1) is 0 Å². The number of aromatic amines is 1. The van der Waals surface area contributed by atoms with Gasteiger partial charge in [0.05, 0.1) is 11.0 Å². The number of benzene rings is 1. The summed E-state index contributed by atoms with van der Waals surface area (Å²) < 4.78 is 8.05. The van der Waals surface area contributed by atoms with Crippen LogP contribution in [0.3, 0.4) is 0 Å². The van der Waals surface area contributed by atoms with Crippen LogP contribution in [0.2, 0.25) is 0 Å². The molecule has 1 N–H and O–H groups in total. The smallest absolute Gasteiger partial charge is 0.326 e. The lowest BCUT2D eigenvalue weighted by Gasteiger charge is -2.19. The van der Waals surface area contributed by atoms with Crippen LogP contribution in [0.5, 0.6) is 0 Å². The van der Waals surface area contributed by atoms with Gasteiger partial charge in [0.15, 0.2) is 0 Å². The molecular weight excluding hydrogens is 384 g/mol. The van der Waals surface area contributed by atoms with Gasteiger partial charge in [-0.2, -0.15) is 0 Å². The molecule has 6 heteroatoms. The van der Waals surface area contributed by atoms with Crippen LogP contribution >= 0.6 is 15.9 Å². The van der Waals surface area contributed by atoms with Gasteiger partial charge in [-0.1, -0.05) is 35.2 Å². The number of unbranched alkanes of at least 4 members (excludes halogenated alkanes) is 4. The molecule has 0 saturated heterocycles. The molecule has 0 spiro atoms. The van der Waals surface area contributed by atoms with E-state index in [2.05, 4.69) is 20.9 Å². The Morgan fingerprint density at radius 3 is 2.56 bits per heavy atom. The van der Waals surface area contributed by atoms with Crippen molar-refractivity contribution in [3.05, 3.63) is 33.2 Å². The van der Waals surface area contributed by atoms with Crippen molar-refractivity contribution < 1.29 is 9.53 Å². The lowest BCUT2D eigenvalue weighted by atomic mass is 10.1. The second kappa shape index (κ2) is 8.70. The van der Waals surface area contributed by atoms with Gasteiger partial charge < -0.3 is 9.72 Å². The summed E-state index contributed by atoms with van der Waals surface area (Å²) in [4.78, 5) is 26.6. The van der Waals surface area contributed by atoms with Crippen LogP contribution in [0.25, 0.3) is 11.0 Å². The average Bonchev–Trinajstić information content (AvgIpc) is 2.80. The summed E-state index contributed by atoms with van der Waals surface area (Å²) in [6.45, 7) is 6.36. The first kappa shape index (κ1) is 19.8. The van der Waals surface area contributed by atoms with Crippen molar-refractivity contribution in [3.8, 4) is 0 Å². The number of imidazole rings is 1. The van der Waals surface area contributed by atoms with Crippen molar-refractivity contribution in [3.63, 3.8) is 0 Å². The van der Waals surface area contributed by atoms with E-state index in [0.717, 1.165) is 47.6 Å². The molecule has 0 amide bonds.